The molecule has 0 saturated heterocycles. The van der Waals surface area contributed by atoms with E-state index in [1.807, 2.05) is 6.07 Å². The molecular formula is C19H20BrNO5. The molecule has 0 aliphatic rings. The SMILES string of the molecule is O=C(O)CCCCCBr.O=C(c1ccccc1)c1ccc([N+](=O)[O-])cc1. The van der Waals surface area contributed by atoms with Crippen molar-refractivity contribution in [3.63, 3.8) is 0 Å². The Kier molecular flexibility index (Phi) is 9.86. The third kappa shape index (κ3) is 8.02. The molecule has 2 rings (SSSR count). The van der Waals surface area contributed by atoms with E-state index >= 15 is 0 Å². The van der Waals surface area contributed by atoms with E-state index in [2.05, 4.69) is 15.9 Å². The quantitative estimate of drug-likeness (QED) is 0.216. The largest absolute Gasteiger partial charge is 0.481 e. The molecule has 0 aliphatic carbocycles. The van der Waals surface area contributed by atoms with Gasteiger partial charge in [-0.2, -0.15) is 0 Å². The number of nitro groups is 1. The van der Waals surface area contributed by atoms with E-state index in [1.165, 1.54) is 24.3 Å². The molecule has 0 fully saturated rings. The fourth-order valence-electron chi connectivity index (χ4n) is 2.04. The van der Waals surface area contributed by atoms with Crippen LogP contribution in [0.1, 0.15) is 41.6 Å². The predicted octanol–water partition coefficient (Wildman–Crippen LogP) is 4.85. The fraction of sp³-hybridized carbons (Fsp3) is 0.263. The van der Waals surface area contributed by atoms with Crippen LogP contribution in [0.5, 0.6) is 0 Å². The number of rotatable bonds is 8. The van der Waals surface area contributed by atoms with Crippen molar-refractivity contribution in [2.24, 2.45) is 0 Å². The molecule has 2 aromatic rings. The summed E-state index contributed by atoms with van der Waals surface area (Å²) < 4.78 is 0. The summed E-state index contributed by atoms with van der Waals surface area (Å²) in [6, 6.07) is 14.4. The number of non-ortho nitro benzene ring substituents is 1. The molecule has 0 heterocycles. The second-order valence-electron chi connectivity index (χ2n) is 5.39. The number of ketones is 1. The zero-order valence-electron chi connectivity index (χ0n) is 14.1. The van der Waals surface area contributed by atoms with Crippen LogP contribution >= 0.6 is 15.9 Å². The van der Waals surface area contributed by atoms with Crippen molar-refractivity contribution in [3.8, 4) is 0 Å². The molecule has 0 saturated carbocycles. The molecule has 2 aromatic carbocycles. The van der Waals surface area contributed by atoms with Crippen LogP contribution in [0.2, 0.25) is 0 Å². The van der Waals surface area contributed by atoms with Crippen LogP contribution in [-0.4, -0.2) is 27.1 Å². The second kappa shape index (κ2) is 11.9. The molecule has 0 amide bonds. The average Bonchev–Trinajstić information content (AvgIpc) is 2.66. The summed E-state index contributed by atoms with van der Waals surface area (Å²) in [6.07, 6.45) is 3.21. The van der Waals surface area contributed by atoms with Gasteiger partial charge in [0.25, 0.3) is 5.69 Å². The van der Waals surface area contributed by atoms with Gasteiger partial charge in [-0.3, -0.25) is 19.7 Å². The molecule has 1 N–H and O–H groups in total. The van der Waals surface area contributed by atoms with Gasteiger partial charge < -0.3 is 5.11 Å². The van der Waals surface area contributed by atoms with Gasteiger partial charge >= 0.3 is 5.97 Å². The second-order valence-corrected chi connectivity index (χ2v) is 6.19. The number of carboxylic acids is 1. The fourth-order valence-corrected chi connectivity index (χ4v) is 2.43. The minimum atomic E-state index is -0.690. The lowest BCUT2D eigenvalue weighted by atomic mass is 10.0. The molecule has 138 valence electrons. The molecule has 6 nitrogen and oxygen atoms in total. The van der Waals surface area contributed by atoms with Crippen molar-refractivity contribution in [2.75, 3.05) is 5.33 Å². The molecular weight excluding hydrogens is 402 g/mol. The van der Waals surface area contributed by atoms with Crippen molar-refractivity contribution in [3.05, 3.63) is 75.8 Å². The van der Waals surface area contributed by atoms with Gasteiger partial charge in [0.1, 0.15) is 0 Å². The van der Waals surface area contributed by atoms with Crippen LogP contribution in [0.15, 0.2) is 54.6 Å². The maximum absolute atomic E-state index is 12.0. The van der Waals surface area contributed by atoms with Gasteiger partial charge in [-0.15, -0.1) is 0 Å². The highest BCUT2D eigenvalue weighted by atomic mass is 79.9. The molecule has 0 atom stereocenters. The molecule has 0 aromatic heterocycles. The number of halogens is 1. The van der Waals surface area contributed by atoms with E-state index in [-0.39, 0.29) is 11.5 Å². The van der Waals surface area contributed by atoms with Crippen molar-refractivity contribution in [1.82, 2.24) is 0 Å². The first-order valence-corrected chi connectivity index (χ1v) is 9.19. The van der Waals surface area contributed by atoms with Crippen molar-refractivity contribution >= 4 is 33.4 Å². The predicted molar refractivity (Wildman–Crippen MR) is 103 cm³/mol. The molecule has 26 heavy (non-hydrogen) atoms. The van der Waals surface area contributed by atoms with Gasteiger partial charge in [0, 0.05) is 35.0 Å². The van der Waals surface area contributed by atoms with Crippen LogP contribution in [0, 0.1) is 10.1 Å². The topological polar surface area (TPSA) is 97.5 Å². The number of carboxylic acid groups (broad SMARTS) is 1. The van der Waals surface area contributed by atoms with Gasteiger partial charge in [-0.1, -0.05) is 52.7 Å². The lowest BCUT2D eigenvalue weighted by Gasteiger charge is -2.00. The minimum absolute atomic E-state index is 0.0189. The number of hydrogen-bond donors (Lipinski definition) is 1. The van der Waals surface area contributed by atoms with Crippen molar-refractivity contribution in [2.45, 2.75) is 25.7 Å². The van der Waals surface area contributed by atoms with E-state index in [0.29, 0.717) is 17.5 Å². The number of carbonyl (C=O) groups excluding carboxylic acids is 1. The van der Waals surface area contributed by atoms with E-state index in [1.54, 1.807) is 24.3 Å². The normalized spacial score (nSPS) is 9.73. The van der Waals surface area contributed by atoms with Crippen LogP contribution in [-0.2, 0) is 4.79 Å². The van der Waals surface area contributed by atoms with E-state index in [9.17, 15) is 19.7 Å². The summed E-state index contributed by atoms with van der Waals surface area (Å²) in [5.74, 6) is -0.829. The van der Waals surface area contributed by atoms with E-state index in [0.717, 1.165) is 24.6 Å². The van der Waals surface area contributed by atoms with Gasteiger partial charge in [0.2, 0.25) is 0 Å². The first-order chi connectivity index (χ1) is 12.5. The molecule has 0 aliphatic heterocycles. The smallest absolute Gasteiger partial charge is 0.303 e. The Balaban J connectivity index is 0.000000321. The Morgan fingerprint density at radius 3 is 2.00 bits per heavy atom. The summed E-state index contributed by atoms with van der Waals surface area (Å²) in [4.78, 5) is 31.9. The summed E-state index contributed by atoms with van der Waals surface area (Å²) >= 11 is 3.27. The molecule has 0 unspecified atom stereocenters. The average molecular weight is 422 g/mol. The Morgan fingerprint density at radius 2 is 1.50 bits per heavy atom. The number of nitro benzene ring substituents is 1. The number of hydrogen-bond acceptors (Lipinski definition) is 4. The Bertz CT molecular complexity index is 716. The van der Waals surface area contributed by atoms with Crippen LogP contribution < -0.4 is 0 Å². The maximum atomic E-state index is 12.0. The first-order valence-electron chi connectivity index (χ1n) is 8.07. The van der Waals surface area contributed by atoms with Crippen LogP contribution in [0.3, 0.4) is 0 Å². The highest BCUT2D eigenvalue weighted by Crippen LogP contribution is 2.15. The zero-order chi connectivity index (χ0) is 19.4. The first kappa shape index (κ1) is 21.5. The summed E-state index contributed by atoms with van der Waals surface area (Å²) in [5.41, 5.74) is 0.998. The number of nitrogens with zero attached hydrogens (tertiary/aromatic N) is 1. The van der Waals surface area contributed by atoms with E-state index in [4.69, 9.17) is 5.11 Å². The zero-order valence-corrected chi connectivity index (χ0v) is 15.7. The van der Waals surface area contributed by atoms with Crippen molar-refractivity contribution in [1.29, 1.82) is 0 Å². The molecule has 0 radical (unpaired) electrons. The van der Waals surface area contributed by atoms with Gasteiger partial charge in [-0.05, 0) is 25.0 Å². The Hall–Kier alpha value is -2.54. The van der Waals surface area contributed by atoms with Crippen LogP contribution in [0.4, 0.5) is 5.69 Å². The van der Waals surface area contributed by atoms with E-state index < -0.39 is 10.9 Å². The van der Waals surface area contributed by atoms with Crippen molar-refractivity contribution < 1.29 is 19.6 Å². The van der Waals surface area contributed by atoms with Crippen LogP contribution in [0.25, 0.3) is 0 Å². The summed E-state index contributed by atoms with van der Waals surface area (Å²) in [6.45, 7) is 0. The minimum Gasteiger partial charge on any atom is -0.481 e. The van der Waals surface area contributed by atoms with Gasteiger partial charge in [0.05, 0.1) is 4.92 Å². The molecule has 7 heteroatoms. The summed E-state index contributed by atoms with van der Waals surface area (Å²) in [5, 5.41) is 19.7. The number of carbonyl (C=O) groups is 2. The highest BCUT2D eigenvalue weighted by molar-refractivity contribution is 9.09. The highest BCUT2D eigenvalue weighted by Gasteiger charge is 2.10. The molecule has 0 bridgehead atoms. The monoisotopic (exact) mass is 421 g/mol. The third-order valence-corrected chi connectivity index (χ3v) is 3.96. The Labute approximate surface area is 160 Å². The Morgan fingerprint density at radius 1 is 0.923 bits per heavy atom. The number of alkyl halides is 1. The maximum Gasteiger partial charge on any atom is 0.303 e. The van der Waals surface area contributed by atoms with Gasteiger partial charge in [-0.25, -0.2) is 0 Å². The number of benzene rings is 2. The number of unbranched alkanes of at least 4 members (excludes halogenated alkanes) is 2. The van der Waals surface area contributed by atoms with Gasteiger partial charge in [0.15, 0.2) is 5.78 Å². The molecule has 0 spiro atoms. The lowest BCUT2D eigenvalue weighted by molar-refractivity contribution is -0.384. The summed E-state index contributed by atoms with van der Waals surface area (Å²) in [7, 11) is 0. The standard InChI is InChI=1S/C13H9NO3.C6H11BrO2/c15-13(10-4-2-1-3-5-10)11-6-8-12(9-7-11)14(16)17;7-5-3-1-2-4-6(8)9/h1-9H;1-5H2,(H,8,9). The number of aliphatic carboxylic acids is 1. The lowest BCUT2D eigenvalue weighted by Crippen LogP contribution is -2.00. The third-order valence-electron chi connectivity index (χ3n) is 3.40.